The van der Waals surface area contributed by atoms with Gasteiger partial charge in [-0.1, -0.05) is 11.3 Å². The zero-order valence-corrected chi connectivity index (χ0v) is 9.13. The maximum atomic E-state index is 11.1. The van der Waals surface area contributed by atoms with Crippen LogP contribution in [0.15, 0.2) is 21.3 Å². The highest BCUT2D eigenvalue weighted by atomic mass is 32.1. The highest BCUT2D eigenvalue weighted by Gasteiger charge is 2.12. The number of rotatable bonds is 2. The number of hydrogen-bond acceptors (Lipinski definition) is 5. The number of fused-ring (bicyclic) bond motifs is 1. The normalized spacial score (nSPS) is 13.0. The Bertz CT molecular complexity index is 538. The summed E-state index contributed by atoms with van der Waals surface area (Å²) in [6.07, 6.45) is -0.597. The molecule has 0 radical (unpaired) electrons. The number of ether oxygens (including phenoxy) is 1. The fourth-order valence-corrected chi connectivity index (χ4v) is 2.09. The van der Waals surface area contributed by atoms with E-state index in [2.05, 4.69) is 0 Å². The SMILES string of the molecule is COc1cc(C(C)O)cc2sc(=O)oc12. The van der Waals surface area contributed by atoms with Crippen LogP contribution in [0.1, 0.15) is 18.6 Å². The van der Waals surface area contributed by atoms with Crippen molar-refractivity contribution in [1.82, 2.24) is 0 Å². The molecule has 1 heterocycles. The second-order valence-corrected chi connectivity index (χ2v) is 4.16. The lowest BCUT2D eigenvalue weighted by atomic mass is 10.1. The van der Waals surface area contributed by atoms with Crippen molar-refractivity contribution in [1.29, 1.82) is 0 Å². The Labute approximate surface area is 89.7 Å². The first kappa shape index (κ1) is 10.2. The molecule has 80 valence electrons. The van der Waals surface area contributed by atoms with Gasteiger partial charge in [-0.05, 0) is 24.6 Å². The Morgan fingerprint density at radius 1 is 1.53 bits per heavy atom. The van der Waals surface area contributed by atoms with Gasteiger partial charge >= 0.3 is 4.94 Å². The van der Waals surface area contributed by atoms with Crippen molar-refractivity contribution in [2.24, 2.45) is 0 Å². The van der Waals surface area contributed by atoms with Crippen LogP contribution < -0.4 is 9.68 Å². The molecule has 0 amide bonds. The predicted octanol–water partition coefficient (Wildman–Crippen LogP) is 1.92. The fourth-order valence-electron chi connectivity index (χ4n) is 1.36. The third-order valence-electron chi connectivity index (χ3n) is 2.12. The van der Waals surface area contributed by atoms with Gasteiger partial charge in [-0.25, -0.2) is 4.79 Å². The van der Waals surface area contributed by atoms with Crippen LogP contribution in [0.4, 0.5) is 0 Å². The Balaban J connectivity index is 2.76. The van der Waals surface area contributed by atoms with Crippen LogP contribution >= 0.6 is 11.3 Å². The number of aliphatic hydroxyl groups excluding tert-OH is 1. The van der Waals surface area contributed by atoms with E-state index in [0.29, 0.717) is 21.6 Å². The molecule has 1 aromatic carbocycles. The van der Waals surface area contributed by atoms with E-state index in [1.807, 2.05) is 0 Å². The van der Waals surface area contributed by atoms with Crippen LogP contribution in [-0.4, -0.2) is 12.2 Å². The van der Waals surface area contributed by atoms with Gasteiger partial charge in [-0.15, -0.1) is 0 Å². The van der Waals surface area contributed by atoms with Gasteiger partial charge in [0.15, 0.2) is 11.3 Å². The molecule has 0 aliphatic rings. The summed E-state index contributed by atoms with van der Waals surface area (Å²) >= 11 is 1.000. The topological polar surface area (TPSA) is 59.7 Å². The number of aliphatic hydroxyl groups is 1. The molecule has 4 nitrogen and oxygen atoms in total. The lowest BCUT2D eigenvalue weighted by Crippen LogP contribution is -1.92. The van der Waals surface area contributed by atoms with E-state index in [1.165, 1.54) is 7.11 Å². The summed E-state index contributed by atoms with van der Waals surface area (Å²) in [5, 5.41) is 9.45. The number of methoxy groups -OCH3 is 1. The van der Waals surface area contributed by atoms with Crippen molar-refractivity contribution in [3.8, 4) is 5.75 Å². The second-order valence-electron chi connectivity index (χ2n) is 3.18. The molecular formula is C10H10O4S. The molecule has 0 aliphatic heterocycles. The van der Waals surface area contributed by atoms with E-state index in [4.69, 9.17) is 9.15 Å². The Morgan fingerprint density at radius 2 is 2.27 bits per heavy atom. The van der Waals surface area contributed by atoms with Gasteiger partial charge in [-0.2, -0.15) is 0 Å². The third-order valence-corrected chi connectivity index (χ3v) is 2.90. The molecule has 5 heteroatoms. The summed E-state index contributed by atoms with van der Waals surface area (Å²) < 4.78 is 10.8. The zero-order valence-electron chi connectivity index (χ0n) is 8.31. The van der Waals surface area contributed by atoms with Crippen LogP contribution in [0.25, 0.3) is 10.3 Å². The van der Waals surface area contributed by atoms with Crippen LogP contribution in [0.2, 0.25) is 0 Å². The number of hydrogen-bond donors (Lipinski definition) is 1. The van der Waals surface area contributed by atoms with Crippen molar-refractivity contribution in [3.63, 3.8) is 0 Å². The van der Waals surface area contributed by atoms with E-state index in [-0.39, 0.29) is 4.94 Å². The molecule has 0 saturated carbocycles. The molecule has 15 heavy (non-hydrogen) atoms. The third kappa shape index (κ3) is 1.75. The first-order valence-corrected chi connectivity index (χ1v) is 5.23. The maximum absolute atomic E-state index is 11.1. The molecular weight excluding hydrogens is 216 g/mol. The summed E-state index contributed by atoms with van der Waals surface area (Å²) in [7, 11) is 1.50. The minimum atomic E-state index is -0.597. The van der Waals surface area contributed by atoms with Crippen molar-refractivity contribution >= 4 is 21.6 Å². The van der Waals surface area contributed by atoms with Gasteiger partial charge < -0.3 is 14.3 Å². The van der Waals surface area contributed by atoms with Gasteiger partial charge in [0.25, 0.3) is 0 Å². The van der Waals surface area contributed by atoms with Crippen LogP contribution in [-0.2, 0) is 0 Å². The van der Waals surface area contributed by atoms with E-state index >= 15 is 0 Å². The van der Waals surface area contributed by atoms with Crippen LogP contribution in [0.5, 0.6) is 5.75 Å². The highest BCUT2D eigenvalue weighted by molar-refractivity contribution is 7.16. The van der Waals surface area contributed by atoms with Gasteiger partial charge in [0.05, 0.1) is 17.9 Å². The van der Waals surface area contributed by atoms with Crippen molar-refractivity contribution in [2.75, 3.05) is 7.11 Å². The first-order valence-electron chi connectivity index (χ1n) is 4.41. The molecule has 0 fully saturated rings. The fraction of sp³-hybridized carbons (Fsp3) is 0.300. The molecule has 0 aliphatic carbocycles. The lowest BCUT2D eigenvalue weighted by molar-refractivity contribution is 0.199. The molecule has 2 aromatic rings. The lowest BCUT2D eigenvalue weighted by Gasteiger charge is -2.06. The van der Waals surface area contributed by atoms with Crippen molar-refractivity contribution in [3.05, 3.63) is 27.4 Å². The smallest absolute Gasteiger partial charge is 0.396 e. The predicted molar refractivity (Wildman–Crippen MR) is 57.5 cm³/mol. The van der Waals surface area contributed by atoms with Gasteiger partial charge in [0.1, 0.15) is 0 Å². The standard InChI is InChI=1S/C10H10O4S/c1-5(11)6-3-7(13-2)9-8(4-6)15-10(12)14-9/h3-5,11H,1-2H3. The van der Waals surface area contributed by atoms with Crippen LogP contribution in [0, 0.1) is 0 Å². The minimum Gasteiger partial charge on any atom is -0.493 e. The molecule has 1 unspecified atom stereocenters. The van der Waals surface area contributed by atoms with E-state index in [0.717, 1.165) is 11.3 Å². The van der Waals surface area contributed by atoms with Crippen LogP contribution in [0.3, 0.4) is 0 Å². The quantitative estimate of drug-likeness (QED) is 0.849. The second kappa shape index (κ2) is 3.67. The zero-order chi connectivity index (χ0) is 11.0. The first-order chi connectivity index (χ1) is 7.11. The van der Waals surface area contributed by atoms with E-state index in [1.54, 1.807) is 19.1 Å². The van der Waals surface area contributed by atoms with Gasteiger partial charge in [-0.3, -0.25) is 0 Å². The van der Waals surface area contributed by atoms with Crippen molar-refractivity contribution in [2.45, 2.75) is 13.0 Å². The summed E-state index contributed by atoms with van der Waals surface area (Å²) in [4.78, 5) is 10.7. The maximum Gasteiger partial charge on any atom is 0.396 e. The molecule has 2 rings (SSSR count). The molecule has 1 atom stereocenters. The average Bonchev–Trinajstić information content (AvgIpc) is 2.56. The van der Waals surface area contributed by atoms with Gasteiger partial charge in [0.2, 0.25) is 0 Å². The molecule has 1 N–H and O–H groups in total. The van der Waals surface area contributed by atoms with E-state index < -0.39 is 6.10 Å². The van der Waals surface area contributed by atoms with Crippen molar-refractivity contribution < 1.29 is 14.3 Å². The van der Waals surface area contributed by atoms with Gasteiger partial charge in [0, 0.05) is 0 Å². The molecule has 1 aromatic heterocycles. The molecule has 0 spiro atoms. The Kier molecular flexibility index (Phi) is 2.50. The Hall–Kier alpha value is -1.33. The summed E-state index contributed by atoms with van der Waals surface area (Å²) in [6.45, 7) is 1.66. The van der Waals surface area contributed by atoms with E-state index in [9.17, 15) is 9.90 Å². The minimum absolute atomic E-state index is 0.369. The molecule has 0 saturated heterocycles. The highest BCUT2D eigenvalue weighted by Crippen LogP contribution is 2.31. The Morgan fingerprint density at radius 3 is 2.87 bits per heavy atom. The largest absolute Gasteiger partial charge is 0.493 e. The number of benzene rings is 1. The summed E-state index contributed by atoms with van der Waals surface area (Å²) in [5.41, 5.74) is 1.15. The summed E-state index contributed by atoms with van der Waals surface area (Å²) in [5.74, 6) is 0.474. The summed E-state index contributed by atoms with van der Waals surface area (Å²) in [6, 6.07) is 3.40. The average molecular weight is 226 g/mol. The molecule has 0 bridgehead atoms. The monoisotopic (exact) mass is 226 g/mol.